The number of sulfonamides is 2. The van der Waals surface area contributed by atoms with Gasteiger partial charge in [-0.25, -0.2) is 16.8 Å². The second kappa shape index (κ2) is 23.2. The van der Waals surface area contributed by atoms with E-state index >= 15 is 0 Å². The smallest absolute Gasteiger partial charge is 0.496 e. The molecule has 9 rings (SSSR count). The van der Waals surface area contributed by atoms with Gasteiger partial charge in [-0.05, 0) is 100 Å². The third-order valence-electron chi connectivity index (χ3n) is 11.9. The summed E-state index contributed by atoms with van der Waals surface area (Å²) >= 11 is 3.38. The van der Waals surface area contributed by atoms with Crippen molar-refractivity contribution >= 4 is 60.3 Å². The maximum atomic E-state index is 13.1. The summed E-state index contributed by atoms with van der Waals surface area (Å²) in [5.74, 6) is 2.29. The fourth-order valence-electron chi connectivity index (χ4n) is 7.47. The van der Waals surface area contributed by atoms with Crippen LogP contribution in [0.3, 0.4) is 0 Å². The quantitative estimate of drug-likeness (QED) is 0.0864. The summed E-state index contributed by atoms with van der Waals surface area (Å²) in [6.45, 7) is 8.15. The molecule has 0 radical (unpaired) electrons. The van der Waals surface area contributed by atoms with Crippen molar-refractivity contribution in [3.63, 3.8) is 0 Å². The standard InChI is InChI=1S/C22H22N4O6S.C18H17BrN2O6S.C10H17BN2O2/c1-26-11-10-16(23-26)14-8-9-17(29-2)15(12-14)20-13-21(24-32-20)25-33(27,28)22-18(30-3)6-5-7-19(22)31-4;1-24-13-8-7-11(19)9-12(13)16-10-17(20-27-16)21-28(22,23)18-14(25-2)5-4-6-15(18)26-3;1-9(2)10(3,4)15-11(14-9)8-6-7-13(5)12-8/h5-13H,1-4H3,(H,24,25);4-10H,1-3H3,(H,20,21);6-7H,1-5H3. The Hall–Kier alpha value is -7.52. The molecule has 0 saturated carbocycles. The number of rotatable bonds is 16. The Morgan fingerprint density at radius 3 is 1.37 bits per heavy atom. The van der Waals surface area contributed by atoms with Gasteiger partial charge in [0.15, 0.2) is 32.9 Å². The fourth-order valence-corrected chi connectivity index (χ4v) is 10.4. The number of aromatic nitrogens is 6. The van der Waals surface area contributed by atoms with Crippen LogP contribution in [0.15, 0.2) is 133 Å². The largest absolute Gasteiger partial charge is 0.516 e. The first-order chi connectivity index (χ1) is 36.1. The van der Waals surface area contributed by atoms with Crippen LogP contribution in [0.1, 0.15) is 27.7 Å². The van der Waals surface area contributed by atoms with E-state index in [1.807, 2.05) is 84.5 Å². The zero-order valence-electron chi connectivity index (χ0n) is 43.6. The average molecular weight is 1150 g/mol. The van der Waals surface area contributed by atoms with Gasteiger partial charge in [0.1, 0.15) is 34.5 Å². The number of nitrogens with one attached hydrogen (secondary N) is 2. The molecule has 0 unspecified atom stereocenters. The lowest BCUT2D eigenvalue weighted by Crippen LogP contribution is -2.41. The second-order valence-electron chi connectivity index (χ2n) is 17.5. The second-order valence-corrected chi connectivity index (χ2v) is 21.6. The molecular weight excluding hydrogens is 1090 g/mol. The lowest BCUT2D eigenvalue weighted by atomic mass is 9.85. The van der Waals surface area contributed by atoms with Gasteiger partial charge in [-0.3, -0.25) is 18.8 Å². The van der Waals surface area contributed by atoms with Gasteiger partial charge in [0.2, 0.25) is 0 Å². The van der Waals surface area contributed by atoms with E-state index in [1.165, 1.54) is 79.1 Å². The maximum absolute atomic E-state index is 13.1. The molecule has 76 heavy (non-hydrogen) atoms. The number of anilines is 2. The molecular formula is C50H56BBrN8O14S2. The molecule has 402 valence electrons. The van der Waals surface area contributed by atoms with Gasteiger partial charge < -0.3 is 46.8 Å². The van der Waals surface area contributed by atoms with Crippen LogP contribution >= 0.6 is 15.9 Å². The molecule has 1 aliphatic heterocycles. The Morgan fingerprint density at radius 2 is 0.961 bits per heavy atom. The van der Waals surface area contributed by atoms with Gasteiger partial charge in [0, 0.05) is 48.7 Å². The normalized spacial score (nSPS) is 13.6. The predicted octanol–water partition coefficient (Wildman–Crippen LogP) is 8.22. The van der Waals surface area contributed by atoms with Crippen molar-refractivity contribution in [3.8, 4) is 68.4 Å². The molecule has 4 aromatic heterocycles. The van der Waals surface area contributed by atoms with Crippen molar-refractivity contribution in [2.45, 2.75) is 48.7 Å². The van der Waals surface area contributed by atoms with Gasteiger partial charge in [-0.15, -0.1) is 0 Å². The molecule has 4 aromatic carbocycles. The number of hydrogen-bond acceptors (Lipinski definition) is 18. The van der Waals surface area contributed by atoms with Crippen molar-refractivity contribution in [1.29, 1.82) is 0 Å². The summed E-state index contributed by atoms with van der Waals surface area (Å²) in [4.78, 5) is -0.279. The molecule has 1 fully saturated rings. The minimum absolute atomic E-state index is 0.00462. The average Bonchev–Trinajstić information content (AvgIpc) is 4.26. The Kier molecular flexibility index (Phi) is 17.1. The van der Waals surface area contributed by atoms with Crippen molar-refractivity contribution in [2.24, 2.45) is 14.1 Å². The van der Waals surface area contributed by atoms with Crippen molar-refractivity contribution in [2.75, 3.05) is 52.1 Å². The summed E-state index contributed by atoms with van der Waals surface area (Å²) in [6, 6.07) is 26.9. The van der Waals surface area contributed by atoms with Gasteiger partial charge in [-0.1, -0.05) is 38.4 Å². The maximum Gasteiger partial charge on any atom is 0.516 e. The molecule has 1 saturated heterocycles. The van der Waals surface area contributed by atoms with E-state index in [9.17, 15) is 16.8 Å². The number of halogens is 1. The minimum Gasteiger partial charge on any atom is -0.496 e. The van der Waals surface area contributed by atoms with Crippen molar-refractivity contribution in [1.82, 2.24) is 29.9 Å². The highest BCUT2D eigenvalue weighted by molar-refractivity contribution is 9.10. The van der Waals surface area contributed by atoms with E-state index in [0.717, 1.165) is 21.3 Å². The van der Waals surface area contributed by atoms with Crippen LogP contribution < -0.4 is 43.5 Å². The molecule has 0 amide bonds. The highest BCUT2D eigenvalue weighted by atomic mass is 79.9. The minimum atomic E-state index is -4.10. The zero-order chi connectivity index (χ0) is 55.2. The van der Waals surface area contributed by atoms with E-state index in [0.29, 0.717) is 34.1 Å². The van der Waals surface area contributed by atoms with Crippen LogP contribution in [0.4, 0.5) is 11.6 Å². The highest BCUT2D eigenvalue weighted by Gasteiger charge is 2.52. The van der Waals surface area contributed by atoms with Gasteiger partial charge in [-0.2, -0.15) is 10.2 Å². The molecule has 8 aromatic rings. The van der Waals surface area contributed by atoms with E-state index < -0.39 is 20.0 Å². The Bertz CT molecular complexity index is 3480. The third-order valence-corrected chi connectivity index (χ3v) is 15.3. The highest BCUT2D eigenvalue weighted by Crippen LogP contribution is 2.40. The van der Waals surface area contributed by atoms with Gasteiger partial charge in [0.25, 0.3) is 20.0 Å². The lowest BCUT2D eigenvalue weighted by molar-refractivity contribution is 0.00578. The van der Waals surface area contributed by atoms with E-state index in [2.05, 4.69) is 45.9 Å². The first kappa shape index (κ1) is 56.2. The van der Waals surface area contributed by atoms with Crippen LogP contribution in [-0.2, 0) is 43.5 Å². The number of benzene rings is 4. The Morgan fingerprint density at radius 1 is 0.539 bits per heavy atom. The number of aryl methyl sites for hydroxylation is 2. The van der Waals surface area contributed by atoms with Crippen LogP contribution in [0, 0.1) is 0 Å². The Balaban J connectivity index is 0.000000177. The van der Waals surface area contributed by atoms with Crippen LogP contribution in [0.25, 0.3) is 33.9 Å². The molecule has 0 bridgehead atoms. The summed E-state index contributed by atoms with van der Waals surface area (Å²) < 4.78 is 115. The van der Waals surface area contributed by atoms with Crippen molar-refractivity contribution in [3.05, 3.63) is 114 Å². The van der Waals surface area contributed by atoms with E-state index in [-0.39, 0.29) is 62.7 Å². The molecule has 5 heterocycles. The molecule has 26 heteroatoms. The monoisotopic (exact) mass is 1150 g/mol. The summed E-state index contributed by atoms with van der Waals surface area (Å²) in [5, 5.41) is 16.4. The molecule has 0 spiro atoms. The van der Waals surface area contributed by atoms with Crippen LogP contribution in [0.2, 0.25) is 0 Å². The zero-order valence-corrected chi connectivity index (χ0v) is 46.8. The van der Waals surface area contributed by atoms with Crippen molar-refractivity contribution < 1.29 is 63.6 Å². The predicted molar refractivity (Wildman–Crippen MR) is 287 cm³/mol. The van der Waals surface area contributed by atoms with Crippen LogP contribution in [0.5, 0.6) is 34.5 Å². The summed E-state index contributed by atoms with van der Waals surface area (Å²) in [5.41, 5.74) is 3.05. The van der Waals surface area contributed by atoms with E-state index in [1.54, 1.807) is 39.7 Å². The first-order valence-electron chi connectivity index (χ1n) is 22.9. The summed E-state index contributed by atoms with van der Waals surface area (Å²) in [7, 11) is 3.79. The van der Waals surface area contributed by atoms with E-state index in [4.69, 9.17) is 46.8 Å². The molecule has 1 aliphatic rings. The van der Waals surface area contributed by atoms with Crippen LogP contribution in [-0.4, -0.2) is 108 Å². The Labute approximate surface area is 448 Å². The fraction of sp³-hybridized carbons (Fsp3) is 0.280. The number of hydrogen-bond donors (Lipinski definition) is 2. The first-order valence-corrected chi connectivity index (χ1v) is 26.6. The van der Waals surface area contributed by atoms with Gasteiger partial charge >= 0.3 is 7.12 Å². The number of methoxy groups -OCH3 is 6. The molecule has 22 nitrogen and oxygen atoms in total. The summed E-state index contributed by atoms with van der Waals surface area (Å²) in [6.07, 6.45) is 3.73. The molecule has 0 aliphatic carbocycles. The van der Waals surface area contributed by atoms with Gasteiger partial charge in [0.05, 0.1) is 76.3 Å². The molecule has 0 atom stereocenters. The lowest BCUT2D eigenvalue weighted by Gasteiger charge is -2.32. The molecule has 2 N–H and O–H groups in total. The number of ether oxygens (including phenoxy) is 6. The third kappa shape index (κ3) is 12.4. The number of nitrogens with zero attached hydrogens (tertiary/aromatic N) is 6. The SMILES string of the molecule is COc1ccc(-c2ccn(C)n2)cc1-c1cc(NS(=O)(=O)c2c(OC)cccc2OC)no1.COc1ccc(Br)cc1-c1cc(NS(=O)(=O)c2c(OC)cccc2OC)no1.Cn1ccc(B2OC(C)(C)C(C)(C)O2)n1. The topological polar surface area (TPSA) is 254 Å².